The number of fused-ring (bicyclic) bond motifs is 1. The summed E-state index contributed by atoms with van der Waals surface area (Å²) < 4.78 is 42.1. The van der Waals surface area contributed by atoms with E-state index in [9.17, 15) is 18.0 Å². The molecule has 0 aliphatic carbocycles. The first-order chi connectivity index (χ1) is 16.3. The average Bonchev–Trinajstić information content (AvgIpc) is 3.12. The van der Waals surface area contributed by atoms with E-state index in [1.807, 2.05) is 48.0 Å². The van der Waals surface area contributed by atoms with Crippen molar-refractivity contribution in [2.45, 2.75) is 31.0 Å². The van der Waals surface area contributed by atoms with Crippen LogP contribution in [0, 0.1) is 0 Å². The molecule has 0 aliphatic rings. The maximum atomic E-state index is 13.4. The van der Waals surface area contributed by atoms with Gasteiger partial charge in [0, 0.05) is 47.1 Å². The topological polar surface area (TPSA) is 34.0 Å². The molecule has 3 nitrogen and oxygen atoms in total. The standard InChI is InChI=1S/C27H25F3N2OS/c1-3-34-23-11-8-18(9-12-23)17-31-26(33)20-10-13-25-21(14-20)16-22(32(25)2)15-19-6-4-5-7-24(19)27(28,29)30/h4-14,16H,3,15,17H2,1-2H3,(H,31,33). The Hall–Kier alpha value is -3.19. The summed E-state index contributed by atoms with van der Waals surface area (Å²) >= 11 is 1.77. The summed E-state index contributed by atoms with van der Waals surface area (Å²) in [5, 5.41) is 3.75. The number of hydrogen-bond acceptors (Lipinski definition) is 2. The lowest BCUT2D eigenvalue weighted by Gasteiger charge is -2.13. The lowest BCUT2D eigenvalue weighted by Crippen LogP contribution is -2.22. The van der Waals surface area contributed by atoms with Crippen LogP contribution in [0.1, 0.15) is 39.7 Å². The predicted octanol–water partition coefficient (Wildman–Crippen LogP) is 6.83. The molecule has 4 aromatic rings. The van der Waals surface area contributed by atoms with E-state index in [1.165, 1.54) is 17.0 Å². The monoisotopic (exact) mass is 482 g/mol. The molecule has 3 aromatic carbocycles. The molecule has 1 N–H and O–H groups in total. The molecule has 0 fully saturated rings. The number of benzene rings is 3. The highest BCUT2D eigenvalue weighted by Gasteiger charge is 2.33. The van der Waals surface area contributed by atoms with Crippen molar-refractivity contribution in [2.24, 2.45) is 7.05 Å². The van der Waals surface area contributed by atoms with Gasteiger partial charge in [0.2, 0.25) is 0 Å². The minimum absolute atomic E-state index is 0.148. The first kappa shape index (κ1) is 24.0. The van der Waals surface area contributed by atoms with E-state index in [0.29, 0.717) is 12.1 Å². The number of halogens is 3. The normalized spacial score (nSPS) is 11.7. The maximum Gasteiger partial charge on any atom is 0.416 e. The van der Waals surface area contributed by atoms with Gasteiger partial charge in [-0.25, -0.2) is 0 Å². The van der Waals surface area contributed by atoms with Crippen LogP contribution in [0.4, 0.5) is 13.2 Å². The number of hydrogen-bond donors (Lipinski definition) is 1. The van der Waals surface area contributed by atoms with Gasteiger partial charge in [-0.15, -0.1) is 11.8 Å². The largest absolute Gasteiger partial charge is 0.416 e. The molecule has 7 heteroatoms. The summed E-state index contributed by atoms with van der Waals surface area (Å²) in [4.78, 5) is 13.9. The molecule has 0 unspecified atom stereocenters. The molecule has 1 heterocycles. The maximum absolute atomic E-state index is 13.4. The molecule has 4 rings (SSSR count). The lowest BCUT2D eigenvalue weighted by atomic mass is 10.0. The van der Waals surface area contributed by atoms with Gasteiger partial charge in [0.25, 0.3) is 5.91 Å². The van der Waals surface area contributed by atoms with Gasteiger partial charge in [-0.2, -0.15) is 13.2 Å². The Morgan fingerprint density at radius 1 is 1.00 bits per heavy atom. The Balaban J connectivity index is 1.51. The van der Waals surface area contributed by atoms with Crippen LogP contribution >= 0.6 is 11.8 Å². The SMILES string of the molecule is CCSc1ccc(CNC(=O)c2ccc3c(c2)cc(Cc2ccccc2C(F)(F)F)n3C)cc1. The van der Waals surface area contributed by atoms with E-state index in [1.54, 1.807) is 30.0 Å². The van der Waals surface area contributed by atoms with Gasteiger partial charge in [-0.1, -0.05) is 37.3 Å². The third-order valence-electron chi connectivity index (χ3n) is 5.79. The predicted molar refractivity (Wildman–Crippen MR) is 131 cm³/mol. The van der Waals surface area contributed by atoms with Crippen LogP contribution in [0.15, 0.2) is 77.7 Å². The fourth-order valence-corrected chi connectivity index (χ4v) is 4.68. The zero-order valence-electron chi connectivity index (χ0n) is 18.9. The molecule has 0 saturated heterocycles. The number of nitrogens with one attached hydrogen (secondary N) is 1. The highest BCUT2D eigenvalue weighted by molar-refractivity contribution is 7.99. The molecular formula is C27H25F3N2OS. The molecule has 34 heavy (non-hydrogen) atoms. The summed E-state index contributed by atoms with van der Waals surface area (Å²) in [6, 6.07) is 20.9. The summed E-state index contributed by atoms with van der Waals surface area (Å²) in [5.41, 5.74) is 2.73. The van der Waals surface area contributed by atoms with Gasteiger partial charge in [0.15, 0.2) is 0 Å². The summed E-state index contributed by atoms with van der Waals surface area (Å²) in [6.07, 6.45) is -4.25. The van der Waals surface area contributed by atoms with Crippen molar-refractivity contribution in [3.05, 3.63) is 101 Å². The highest BCUT2D eigenvalue weighted by Crippen LogP contribution is 2.33. The molecular weight excluding hydrogens is 457 g/mol. The van der Waals surface area contributed by atoms with Gasteiger partial charge < -0.3 is 9.88 Å². The number of amides is 1. The fraction of sp³-hybridized carbons (Fsp3) is 0.222. The molecule has 0 aliphatic heterocycles. The van der Waals surface area contributed by atoms with E-state index in [0.717, 1.165) is 34.0 Å². The summed E-state index contributed by atoms with van der Waals surface area (Å²) in [7, 11) is 1.83. The van der Waals surface area contributed by atoms with Crippen LogP contribution in [0.25, 0.3) is 10.9 Å². The Labute approximate surface area is 201 Å². The van der Waals surface area contributed by atoms with E-state index >= 15 is 0 Å². The van der Waals surface area contributed by atoms with Crippen LogP contribution in [0.5, 0.6) is 0 Å². The Morgan fingerprint density at radius 2 is 1.74 bits per heavy atom. The molecule has 1 aromatic heterocycles. The van der Waals surface area contributed by atoms with Gasteiger partial charge in [-0.05, 0) is 59.3 Å². The minimum atomic E-state index is -4.40. The van der Waals surface area contributed by atoms with Crippen molar-refractivity contribution in [1.82, 2.24) is 9.88 Å². The fourth-order valence-electron chi connectivity index (χ4n) is 4.02. The molecule has 0 atom stereocenters. The smallest absolute Gasteiger partial charge is 0.348 e. The van der Waals surface area contributed by atoms with E-state index < -0.39 is 11.7 Å². The van der Waals surface area contributed by atoms with Gasteiger partial charge in [-0.3, -0.25) is 4.79 Å². The number of rotatable bonds is 7. The van der Waals surface area contributed by atoms with Gasteiger partial charge >= 0.3 is 6.18 Å². The minimum Gasteiger partial charge on any atom is -0.348 e. The number of thioether (sulfide) groups is 1. The molecule has 176 valence electrons. The van der Waals surface area contributed by atoms with E-state index in [2.05, 4.69) is 12.2 Å². The van der Waals surface area contributed by atoms with Crippen molar-refractivity contribution in [2.75, 3.05) is 5.75 Å². The number of alkyl halides is 3. The van der Waals surface area contributed by atoms with Gasteiger partial charge in [0.05, 0.1) is 5.56 Å². The number of aromatic nitrogens is 1. The van der Waals surface area contributed by atoms with Crippen LogP contribution < -0.4 is 5.32 Å². The quantitative estimate of drug-likeness (QED) is 0.293. The highest BCUT2D eigenvalue weighted by atomic mass is 32.2. The van der Waals surface area contributed by atoms with Crippen molar-refractivity contribution in [1.29, 1.82) is 0 Å². The average molecular weight is 483 g/mol. The molecule has 1 amide bonds. The molecule has 0 bridgehead atoms. The second-order valence-electron chi connectivity index (χ2n) is 8.06. The summed E-state index contributed by atoms with van der Waals surface area (Å²) in [6.45, 7) is 2.52. The number of carbonyl (C=O) groups excluding carboxylic acids is 1. The second-order valence-corrected chi connectivity index (χ2v) is 9.40. The first-order valence-electron chi connectivity index (χ1n) is 11.0. The number of aryl methyl sites for hydroxylation is 1. The van der Waals surface area contributed by atoms with Crippen LogP contribution in [0.2, 0.25) is 0 Å². The van der Waals surface area contributed by atoms with Crippen molar-refractivity contribution in [3.8, 4) is 0 Å². The number of carbonyl (C=O) groups is 1. The summed E-state index contributed by atoms with van der Waals surface area (Å²) in [5.74, 6) is 0.816. The van der Waals surface area contributed by atoms with Gasteiger partial charge in [0.1, 0.15) is 0 Å². The lowest BCUT2D eigenvalue weighted by molar-refractivity contribution is -0.138. The Kier molecular flexibility index (Phi) is 7.03. The molecule has 0 spiro atoms. The van der Waals surface area contributed by atoms with Crippen LogP contribution in [-0.4, -0.2) is 16.2 Å². The zero-order chi connectivity index (χ0) is 24.3. The Morgan fingerprint density at radius 3 is 2.44 bits per heavy atom. The van der Waals surface area contributed by atoms with Crippen LogP contribution in [-0.2, 0) is 26.2 Å². The third-order valence-corrected chi connectivity index (χ3v) is 6.68. The number of nitrogens with zero attached hydrogens (tertiary/aromatic N) is 1. The van der Waals surface area contributed by atoms with Crippen molar-refractivity contribution >= 4 is 28.6 Å². The van der Waals surface area contributed by atoms with Crippen molar-refractivity contribution in [3.63, 3.8) is 0 Å². The zero-order valence-corrected chi connectivity index (χ0v) is 19.8. The van der Waals surface area contributed by atoms with Crippen molar-refractivity contribution < 1.29 is 18.0 Å². The Bertz CT molecular complexity index is 1310. The van der Waals surface area contributed by atoms with Crippen LogP contribution in [0.3, 0.4) is 0 Å². The molecule has 0 saturated carbocycles. The van der Waals surface area contributed by atoms with E-state index in [4.69, 9.17) is 0 Å². The first-order valence-corrected chi connectivity index (χ1v) is 12.0. The second kappa shape index (κ2) is 9.97. The third kappa shape index (κ3) is 5.30. The molecule has 0 radical (unpaired) electrons. The van der Waals surface area contributed by atoms with E-state index in [-0.39, 0.29) is 17.9 Å².